The number of aryl methyl sites for hydroxylation is 1. The molecule has 1 aromatic carbocycles. The highest BCUT2D eigenvalue weighted by Crippen LogP contribution is 2.25. The number of carboxylic acid groups (broad SMARTS) is 1. The van der Waals surface area contributed by atoms with E-state index < -0.39 is 5.97 Å². The molecule has 5 nitrogen and oxygen atoms in total. The second-order valence-electron chi connectivity index (χ2n) is 5.12. The second kappa shape index (κ2) is 5.52. The van der Waals surface area contributed by atoms with Crippen molar-refractivity contribution in [3.05, 3.63) is 53.9 Å². The molecule has 5 heteroatoms. The first-order valence-corrected chi connectivity index (χ1v) is 7.09. The number of furan rings is 1. The molecular weight excluding hydrogens is 280 g/mol. The lowest BCUT2D eigenvalue weighted by Crippen LogP contribution is -2.38. The predicted octanol–water partition coefficient (Wildman–Crippen LogP) is 3.26. The Bertz CT molecular complexity index is 852. The lowest BCUT2D eigenvalue weighted by molar-refractivity contribution is -0.658. The minimum atomic E-state index is -0.994. The van der Waals surface area contributed by atoms with Crippen LogP contribution in [0.3, 0.4) is 0 Å². The average molecular weight is 297 g/mol. The fraction of sp³-hybridized carbons (Fsp3) is 0.176. The first-order chi connectivity index (χ1) is 10.6. The van der Waals surface area contributed by atoms with E-state index in [1.165, 1.54) is 11.6 Å². The summed E-state index contributed by atoms with van der Waals surface area (Å²) < 4.78 is 6.99. The van der Waals surface area contributed by atoms with Gasteiger partial charge in [-0.05, 0) is 30.2 Å². The van der Waals surface area contributed by atoms with Crippen LogP contribution in [-0.4, -0.2) is 11.1 Å². The van der Waals surface area contributed by atoms with Gasteiger partial charge in [-0.25, -0.2) is 14.7 Å². The van der Waals surface area contributed by atoms with Crippen molar-refractivity contribution >= 4 is 28.4 Å². The fourth-order valence-electron chi connectivity index (χ4n) is 2.51. The summed E-state index contributed by atoms with van der Waals surface area (Å²) >= 11 is 0. The van der Waals surface area contributed by atoms with Gasteiger partial charge in [0.15, 0.2) is 0 Å². The number of pyridine rings is 1. The molecule has 0 saturated heterocycles. The maximum atomic E-state index is 11.4. The highest BCUT2D eigenvalue weighted by molar-refractivity contribution is 5.93. The van der Waals surface area contributed by atoms with Gasteiger partial charge in [-0.15, -0.1) is 0 Å². The molecular formula is C17H17N2O3+. The summed E-state index contributed by atoms with van der Waals surface area (Å²) in [7, 11) is 1.72. The predicted molar refractivity (Wildman–Crippen MR) is 83.5 cm³/mol. The first-order valence-electron chi connectivity index (χ1n) is 7.09. The van der Waals surface area contributed by atoms with Crippen LogP contribution in [0.1, 0.15) is 23.0 Å². The van der Waals surface area contributed by atoms with E-state index in [4.69, 9.17) is 4.42 Å². The number of carboxylic acids is 1. The number of aromatic nitrogens is 1. The molecule has 22 heavy (non-hydrogen) atoms. The van der Waals surface area contributed by atoms with Crippen LogP contribution in [0.5, 0.6) is 0 Å². The van der Waals surface area contributed by atoms with Crippen LogP contribution >= 0.6 is 0 Å². The molecule has 0 atom stereocenters. The van der Waals surface area contributed by atoms with Crippen LogP contribution < -0.4 is 9.88 Å². The highest BCUT2D eigenvalue weighted by Gasteiger charge is 2.22. The van der Waals surface area contributed by atoms with Crippen LogP contribution in [0.15, 0.2) is 47.1 Å². The summed E-state index contributed by atoms with van der Waals surface area (Å²) in [5.41, 5.74) is 2.84. The lowest BCUT2D eigenvalue weighted by Gasteiger charge is -2.07. The summed E-state index contributed by atoms with van der Waals surface area (Å²) in [5.74, 6) is -0.303. The Kier molecular flexibility index (Phi) is 3.55. The third kappa shape index (κ3) is 2.41. The van der Waals surface area contributed by atoms with Crippen molar-refractivity contribution in [1.29, 1.82) is 0 Å². The van der Waals surface area contributed by atoms with Crippen molar-refractivity contribution in [2.45, 2.75) is 13.3 Å². The third-order valence-electron chi connectivity index (χ3n) is 3.73. The zero-order chi connectivity index (χ0) is 15.7. The fourth-order valence-corrected chi connectivity index (χ4v) is 2.51. The quantitative estimate of drug-likeness (QED) is 0.725. The number of nitrogens with zero attached hydrogens (tertiary/aromatic N) is 1. The molecule has 2 heterocycles. The van der Waals surface area contributed by atoms with Gasteiger partial charge in [-0.2, -0.15) is 0 Å². The second-order valence-corrected chi connectivity index (χ2v) is 5.12. The number of hydrogen-bond donors (Lipinski definition) is 2. The third-order valence-corrected chi connectivity index (χ3v) is 3.73. The van der Waals surface area contributed by atoms with E-state index in [2.05, 4.69) is 24.4 Å². The van der Waals surface area contributed by atoms with Gasteiger partial charge in [0.05, 0.1) is 13.3 Å². The Hall–Kier alpha value is -2.82. The number of fused-ring (bicyclic) bond motifs is 1. The minimum Gasteiger partial charge on any atom is -0.475 e. The van der Waals surface area contributed by atoms with E-state index in [9.17, 15) is 9.90 Å². The Morgan fingerprint density at radius 3 is 2.86 bits per heavy atom. The molecule has 112 valence electrons. The number of nitrogens with one attached hydrogen (secondary N) is 1. The smallest absolute Gasteiger partial charge is 0.376 e. The largest absolute Gasteiger partial charge is 0.475 e. The van der Waals surface area contributed by atoms with Crippen molar-refractivity contribution in [2.24, 2.45) is 7.05 Å². The van der Waals surface area contributed by atoms with E-state index in [0.717, 1.165) is 17.5 Å². The zero-order valence-corrected chi connectivity index (χ0v) is 12.5. The Labute approximate surface area is 127 Å². The Morgan fingerprint density at radius 1 is 1.32 bits per heavy atom. The number of aromatic carboxylic acids is 1. The van der Waals surface area contributed by atoms with E-state index in [1.54, 1.807) is 17.9 Å². The number of rotatable bonds is 4. The lowest BCUT2D eigenvalue weighted by atomic mass is 10.1. The van der Waals surface area contributed by atoms with E-state index in [1.807, 2.05) is 18.2 Å². The van der Waals surface area contributed by atoms with Gasteiger partial charge in [-0.1, -0.05) is 19.1 Å². The SMILES string of the molecule is CCc1cccc(Nc2c3ccoc3cc(C(=O)O)[n+]2C)c1. The number of hydrogen-bond acceptors (Lipinski definition) is 3. The van der Waals surface area contributed by atoms with Gasteiger partial charge in [0.2, 0.25) is 5.69 Å². The van der Waals surface area contributed by atoms with Gasteiger partial charge >= 0.3 is 5.97 Å². The van der Waals surface area contributed by atoms with Crippen LogP contribution in [0.4, 0.5) is 11.5 Å². The van der Waals surface area contributed by atoms with Crippen molar-refractivity contribution in [1.82, 2.24) is 0 Å². The van der Waals surface area contributed by atoms with Crippen molar-refractivity contribution in [3.8, 4) is 0 Å². The first kappa shape index (κ1) is 14.1. The molecule has 0 aliphatic carbocycles. The Morgan fingerprint density at radius 2 is 2.14 bits per heavy atom. The molecule has 0 radical (unpaired) electrons. The van der Waals surface area contributed by atoms with E-state index in [0.29, 0.717) is 11.4 Å². The van der Waals surface area contributed by atoms with Crippen molar-refractivity contribution in [3.63, 3.8) is 0 Å². The summed E-state index contributed by atoms with van der Waals surface area (Å²) in [4.78, 5) is 11.4. The van der Waals surface area contributed by atoms with E-state index >= 15 is 0 Å². The molecule has 0 amide bonds. The summed E-state index contributed by atoms with van der Waals surface area (Å²) in [6.45, 7) is 2.10. The van der Waals surface area contributed by atoms with Crippen molar-refractivity contribution < 1.29 is 18.9 Å². The van der Waals surface area contributed by atoms with Crippen LogP contribution in [0, 0.1) is 0 Å². The van der Waals surface area contributed by atoms with Gasteiger partial charge in [-0.3, -0.25) is 0 Å². The monoisotopic (exact) mass is 297 g/mol. The molecule has 0 aliphatic rings. The standard InChI is InChI=1S/C17H16N2O3/c1-3-11-5-4-6-12(9-11)18-16-13-7-8-22-15(13)10-14(17(20)21)19(16)2/h4-10H,3H2,1-2H3,(H,20,21)/p+1. The van der Waals surface area contributed by atoms with Crippen molar-refractivity contribution in [2.75, 3.05) is 5.32 Å². The molecule has 3 rings (SSSR count). The molecule has 0 bridgehead atoms. The number of carbonyl (C=O) groups is 1. The summed E-state index contributed by atoms with van der Waals surface area (Å²) in [6.07, 6.45) is 2.50. The number of benzene rings is 1. The molecule has 2 aromatic heterocycles. The van der Waals surface area contributed by atoms with E-state index in [-0.39, 0.29) is 5.69 Å². The summed E-state index contributed by atoms with van der Waals surface area (Å²) in [5, 5.41) is 13.5. The molecule has 0 spiro atoms. The van der Waals surface area contributed by atoms with Gasteiger partial charge in [0, 0.05) is 6.07 Å². The van der Waals surface area contributed by atoms with Crippen LogP contribution in [0.25, 0.3) is 11.0 Å². The molecule has 0 aliphatic heterocycles. The van der Waals surface area contributed by atoms with Gasteiger partial charge < -0.3 is 9.52 Å². The zero-order valence-electron chi connectivity index (χ0n) is 12.5. The molecule has 2 N–H and O–H groups in total. The van der Waals surface area contributed by atoms with Crippen LogP contribution in [-0.2, 0) is 13.5 Å². The maximum Gasteiger partial charge on any atom is 0.376 e. The topological polar surface area (TPSA) is 66.3 Å². The van der Waals surface area contributed by atoms with Crippen LogP contribution in [0.2, 0.25) is 0 Å². The molecule has 0 saturated carbocycles. The highest BCUT2D eigenvalue weighted by atomic mass is 16.4. The number of anilines is 2. The molecule has 0 fully saturated rings. The Balaban J connectivity index is 2.14. The molecule has 0 unspecified atom stereocenters. The van der Waals surface area contributed by atoms with Gasteiger partial charge in [0.25, 0.3) is 5.82 Å². The maximum absolute atomic E-state index is 11.4. The molecule has 3 aromatic rings. The normalized spacial score (nSPS) is 10.8. The van der Waals surface area contributed by atoms with Gasteiger partial charge in [0.1, 0.15) is 16.7 Å². The minimum absolute atomic E-state index is 0.164. The average Bonchev–Trinajstić information content (AvgIpc) is 2.98. The summed E-state index contributed by atoms with van der Waals surface area (Å²) in [6, 6.07) is 11.4.